The van der Waals surface area contributed by atoms with E-state index in [9.17, 15) is 19.3 Å². The summed E-state index contributed by atoms with van der Waals surface area (Å²) in [7, 11) is 0. The first-order chi connectivity index (χ1) is 8.90. The predicted octanol–water partition coefficient (Wildman–Crippen LogP) is 3.03. The third-order valence-corrected chi connectivity index (χ3v) is 2.86. The van der Waals surface area contributed by atoms with Crippen molar-refractivity contribution in [2.24, 2.45) is 0 Å². The number of aromatic carboxylic acids is 1. The normalized spacial score (nSPS) is 10.5. The number of nitrogens with zero attached hydrogens (tertiary/aromatic N) is 1. The van der Waals surface area contributed by atoms with Crippen molar-refractivity contribution in [2.75, 3.05) is 5.32 Å². The number of hydrogen-bond acceptors (Lipinski definition) is 4. The fourth-order valence-corrected chi connectivity index (χ4v) is 1.71. The van der Waals surface area contributed by atoms with Crippen LogP contribution in [-0.4, -0.2) is 22.0 Å². The van der Waals surface area contributed by atoms with E-state index in [2.05, 4.69) is 5.32 Å². The standard InChI is InChI=1S/C12H15FN2O4/c1-3-7(4-2)14-10-6-9(13)8(12(16)17)5-11(10)15(18)19/h5-7,14H,3-4H2,1-2H3,(H,16,17). The van der Waals surface area contributed by atoms with Gasteiger partial charge in [0.2, 0.25) is 0 Å². The molecule has 0 atom stereocenters. The highest BCUT2D eigenvalue weighted by atomic mass is 19.1. The molecule has 104 valence electrons. The van der Waals surface area contributed by atoms with Crippen LogP contribution in [0, 0.1) is 15.9 Å². The molecule has 0 saturated carbocycles. The maximum atomic E-state index is 13.6. The number of carboxylic acid groups (broad SMARTS) is 1. The molecule has 0 aliphatic rings. The molecule has 0 amide bonds. The van der Waals surface area contributed by atoms with Crippen molar-refractivity contribution in [3.05, 3.63) is 33.6 Å². The quantitative estimate of drug-likeness (QED) is 0.612. The highest BCUT2D eigenvalue weighted by molar-refractivity contribution is 5.90. The molecule has 1 aromatic rings. The lowest BCUT2D eigenvalue weighted by molar-refractivity contribution is -0.384. The third kappa shape index (κ3) is 3.40. The zero-order valence-electron chi connectivity index (χ0n) is 10.6. The number of halogens is 1. The molecule has 0 radical (unpaired) electrons. The fraction of sp³-hybridized carbons (Fsp3) is 0.417. The molecule has 0 aliphatic heterocycles. The number of nitro benzene ring substituents is 1. The summed E-state index contributed by atoms with van der Waals surface area (Å²) in [5.41, 5.74) is -1.14. The lowest BCUT2D eigenvalue weighted by atomic mass is 10.1. The summed E-state index contributed by atoms with van der Waals surface area (Å²) in [5, 5.41) is 22.5. The summed E-state index contributed by atoms with van der Waals surface area (Å²) < 4.78 is 13.6. The largest absolute Gasteiger partial charge is 0.478 e. The second-order valence-corrected chi connectivity index (χ2v) is 4.07. The number of nitrogens with one attached hydrogen (secondary N) is 1. The number of benzene rings is 1. The van der Waals surface area contributed by atoms with Crippen LogP contribution >= 0.6 is 0 Å². The van der Waals surface area contributed by atoms with Crippen LogP contribution in [0.4, 0.5) is 15.8 Å². The molecule has 0 saturated heterocycles. The van der Waals surface area contributed by atoms with E-state index < -0.39 is 28.0 Å². The Bertz CT molecular complexity index is 501. The average Bonchev–Trinajstić information content (AvgIpc) is 2.34. The van der Waals surface area contributed by atoms with E-state index >= 15 is 0 Å². The van der Waals surface area contributed by atoms with Crippen molar-refractivity contribution in [3.63, 3.8) is 0 Å². The first kappa shape index (κ1) is 14.9. The molecule has 0 spiro atoms. The summed E-state index contributed by atoms with van der Waals surface area (Å²) in [6, 6.07) is 1.57. The minimum Gasteiger partial charge on any atom is -0.478 e. The molecule has 19 heavy (non-hydrogen) atoms. The highest BCUT2D eigenvalue weighted by Crippen LogP contribution is 2.29. The van der Waals surface area contributed by atoms with Crippen LogP contribution in [0.5, 0.6) is 0 Å². The topological polar surface area (TPSA) is 92.5 Å². The van der Waals surface area contributed by atoms with Gasteiger partial charge in [-0.1, -0.05) is 13.8 Å². The summed E-state index contributed by atoms with van der Waals surface area (Å²) in [6.07, 6.45) is 1.44. The fourth-order valence-electron chi connectivity index (χ4n) is 1.71. The lowest BCUT2D eigenvalue weighted by Crippen LogP contribution is -2.18. The van der Waals surface area contributed by atoms with Gasteiger partial charge in [0.15, 0.2) is 0 Å². The zero-order valence-corrected chi connectivity index (χ0v) is 10.6. The van der Waals surface area contributed by atoms with E-state index in [1.54, 1.807) is 0 Å². The second-order valence-electron chi connectivity index (χ2n) is 4.07. The molecule has 0 aliphatic carbocycles. The number of carbonyl (C=O) groups is 1. The monoisotopic (exact) mass is 270 g/mol. The van der Waals surface area contributed by atoms with E-state index in [0.717, 1.165) is 25.0 Å². The second kappa shape index (κ2) is 6.12. The van der Waals surface area contributed by atoms with E-state index in [-0.39, 0.29) is 11.7 Å². The van der Waals surface area contributed by atoms with Crippen molar-refractivity contribution in [1.82, 2.24) is 0 Å². The Hall–Kier alpha value is -2.18. The Morgan fingerprint density at radius 1 is 1.47 bits per heavy atom. The number of nitro groups is 1. The first-order valence-corrected chi connectivity index (χ1v) is 5.88. The van der Waals surface area contributed by atoms with Gasteiger partial charge in [-0.3, -0.25) is 10.1 Å². The Morgan fingerprint density at radius 3 is 2.47 bits per heavy atom. The van der Waals surface area contributed by atoms with Crippen LogP contribution < -0.4 is 5.32 Å². The van der Waals surface area contributed by atoms with Gasteiger partial charge in [0.1, 0.15) is 17.1 Å². The Labute approximate surface area is 109 Å². The van der Waals surface area contributed by atoms with E-state index in [4.69, 9.17) is 5.11 Å². The first-order valence-electron chi connectivity index (χ1n) is 5.88. The van der Waals surface area contributed by atoms with Crippen molar-refractivity contribution in [3.8, 4) is 0 Å². The van der Waals surface area contributed by atoms with Crippen LogP contribution in [0.25, 0.3) is 0 Å². The molecule has 0 unspecified atom stereocenters. The number of rotatable bonds is 6. The Balaban J connectivity index is 3.27. The van der Waals surface area contributed by atoms with Gasteiger partial charge in [-0.05, 0) is 12.8 Å². The predicted molar refractivity (Wildman–Crippen MR) is 68.0 cm³/mol. The van der Waals surface area contributed by atoms with Crippen LogP contribution in [0.1, 0.15) is 37.0 Å². The number of carboxylic acids is 1. The smallest absolute Gasteiger partial charge is 0.338 e. The summed E-state index contributed by atoms with van der Waals surface area (Å²) >= 11 is 0. The van der Waals surface area contributed by atoms with E-state index in [1.165, 1.54) is 0 Å². The molecule has 2 N–H and O–H groups in total. The van der Waals surface area contributed by atoms with Gasteiger partial charge in [-0.15, -0.1) is 0 Å². The average molecular weight is 270 g/mol. The van der Waals surface area contributed by atoms with Crippen LogP contribution in [0.2, 0.25) is 0 Å². The molecule has 0 aromatic heterocycles. The van der Waals surface area contributed by atoms with Crippen LogP contribution in [0.15, 0.2) is 12.1 Å². The van der Waals surface area contributed by atoms with Crippen molar-refractivity contribution < 1.29 is 19.2 Å². The van der Waals surface area contributed by atoms with Gasteiger partial charge in [0.25, 0.3) is 5.69 Å². The minimum absolute atomic E-state index is 0.00111. The molecule has 0 fully saturated rings. The molecular formula is C12H15FN2O4. The van der Waals surface area contributed by atoms with Gasteiger partial charge < -0.3 is 10.4 Å². The maximum Gasteiger partial charge on any atom is 0.338 e. The summed E-state index contributed by atoms with van der Waals surface area (Å²) in [4.78, 5) is 21.0. The van der Waals surface area contributed by atoms with Gasteiger partial charge in [-0.25, -0.2) is 9.18 Å². The zero-order chi connectivity index (χ0) is 14.6. The van der Waals surface area contributed by atoms with Gasteiger partial charge >= 0.3 is 5.97 Å². The van der Waals surface area contributed by atoms with Crippen molar-refractivity contribution in [1.29, 1.82) is 0 Å². The lowest BCUT2D eigenvalue weighted by Gasteiger charge is -2.16. The van der Waals surface area contributed by atoms with Gasteiger partial charge in [-0.2, -0.15) is 0 Å². The van der Waals surface area contributed by atoms with E-state index in [1.807, 2.05) is 13.8 Å². The molecule has 7 heteroatoms. The number of hydrogen-bond donors (Lipinski definition) is 2. The summed E-state index contributed by atoms with van der Waals surface area (Å²) in [6.45, 7) is 3.80. The molecule has 0 bridgehead atoms. The molecule has 1 aromatic carbocycles. The molecular weight excluding hydrogens is 255 g/mol. The highest BCUT2D eigenvalue weighted by Gasteiger charge is 2.22. The SMILES string of the molecule is CCC(CC)Nc1cc(F)c(C(=O)O)cc1[N+](=O)[O-]. The van der Waals surface area contributed by atoms with Gasteiger partial charge in [0.05, 0.1) is 4.92 Å². The summed E-state index contributed by atoms with van der Waals surface area (Å²) in [5.74, 6) is -2.53. The van der Waals surface area contributed by atoms with Crippen LogP contribution in [-0.2, 0) is 0 Å². The third-order valence-electron chi connectivity index (χ3n) is 2.86. The minimum atomic E-state index is -1.53. The molecule has 1 rings (SSSR count). The van der Waals surface area contributed by atoms with Gasteiger partial charge in [0, 0.05) is 18.2 Å². The molecule has 0 heterocycles. The van der Waals surface area contributed by atoms with E-state index in [0.29, 0.717) is 0 Å². The van der Waals surface area contributed by atoms with Crippen molar-refractivity contribution >= 4 is 17.3 Å². The Morgan fingerprint density at radius 2 is 2.05 bits per heavy atom. The Kier molecular flexibility index (Phi) is 4.80. The van der Waals surface area contributed by atoms with Crippen LogP contribution in [0.3, 0.4) is 0 Å². The molecule has 6 nitrogen and oxygen atoms in total. The maximum absolute atomic E-state index is 13.6. The van der Waals surface area contributed by atoms with Crippen molar-refractivity contribution in [2.45, 2.75) is 32.7 Å². The number of anilines is 1.